The molecule has 0 fully saturated rings. The number of ether oxygens (including phenoxy) is 2. The lowest BCUT2D eigenvalue weighted by atomic mass is 10.3. The van der Waals surface area contributed by atoms with Crippen molar-refractivity contribution in [2.75, 3.05) is 33.4 Å². The molecule has 0 aromatic heterocycles. The van der Waals surface area contributed by atoms with Crippen LogP contribution >= 0.6 is 0 Å². The van der Waals surface area contributed by atoms with E-state index in [1.165, 1.54) is 0 Å². The molecule has 2 N–H and O–H groups in total. The van der Waals surface area contributed by atoms with Crippen LogP contribution in [0.5, 0.6) is 0 Å². The first-order valence-electron chi connectivity index (χ1n) is 5.77. The fraction of sp³-hybridized carbons (Fsp3) is 0.818. The largest absolute Gasteiger partial charge is 0.465 e. The first-order valence-corrected chi connectivity index (χ1v) is 5.77. The number of hydrogen-bond acceptors (Lipinski definition) is 5. The molecule has 0 radical (unpaired) electrons. The fourth-order valence-corrected chi connectivity index (χ4v) is 1.13. The third-order valence-corrected chi connectivity index (χ3v) is 2.07. The van der Waals surface area contributed by atoms with Crippen molar-refractivity contribution >= 4 is 11.9 Å². The number of rotatable bonds is 9. The van der Waals surface area contributed by atoms with Gasteiger partial charge in [-0.3, -0.25) is 9.59 Å². The van der Waals surface area contributed by atoms with Crippen LogP contribution in [-0.4, -0.2) is 51.3 Å². The first-order chi connectivity index (χ1) is 8.11. The van der Waals surface area contributed by atoms with E-state index in [0.717, 1.165) is 0 Å². The second-order valence-corrected chi connectivity index (χ2v) is 3.52. The number of amides is 1. The lowest BCUT2D eigenvalue weighted by Gasteiger charge is -2.12. The van der Waals surface area contributed by atoms with Gasteiger partial charge in [-0.15, -0.1) is 0 Å². The van der Waals surface area contributed by atoms with Crippen LogP contribution in [0.15, 0.2) is 0 Å². The molecule has 0 aromatic rings. The lowest BCUT2D eigenvalue weighted by molar-refractivity contribution is -0.145. The number of methoxy groups -OCH3 is 1. The molecule has 0 aliphatic carbocycles. The minimum Gasteiger partial charge on any atom is -0.465 e. The Morgan fingerprint density at radius 2 is 2.00 bits per heavy atom. The van der Waals surface area contributed by atoms with Gasteiger partial charge in [0.05, 0.1) is 13.2 Å². The zero-order valence-corrected chi connectivity index (χ0v) is 10.7. The normalized spacial score (nSPS) is 11.9. The summed E-state index contributed by atoms with van der Waals surface area (Å²) >= 11 is 0. The maximum absolute atomic E-state index is 11.3. The molecular weight excluding hydrogens is 224 g/mol. The minimum atomic E-state index is -0.387. The molecule has 1 atom stereocenters. The summed E-state index contributed by atoms with van der Waals surface area (Å²) in [5.74, 6) is -0.363. The van der Waals surface area contributed by atoms with Gasteiger partial charge in [0, 0.05) is 26.6 Å². The van der Waals surface area contributed by atoms with E-state index < -0.39 is 0 Å². The zero-order valence-electron chi connectivity index (χ0n) is 10.7. The van der Waals surface area contributed by atoms with Crippen molar-refractivity contribution in [1.82, 2.24) is 10.6 Å². The summed E-state index contributed by atoms with van der Waals surface area (Å²) in [6.45, 7) is 5.27. The number of nitrogens with one attached hydrogen (secondary N) is 2. The summed E-state index contributed by atoms with van der Waals surface area (Å²) in [4.78, 5) is 22.5. The Hall–Kier alpha value is -1.14. The summed E-state index contributed by atoms with van der Waals surface area (Å²) in [6, 6.07) is -0.387. The quantitative estimate of drug-likeness (QED) is 0.431. The number of carbonyl (C=O) groups excluding carboxylic acids is 2. The van der Waals surface area contributed by atoms with E-state index in [9.17, 15) is 9.59 Å². The van der Waals surface area contributed by atoms with E-state index >= 15 is 0 Å². The van der Waals surface area contributed by atoms with Gasteiger partial charge in [0.1, 0.15) is 6.04 Å². The van der Waals surface area contributed by atoms with E-state index in [2.05, 4.69) is 10.6 Å². The number of esters is 1. The fourth-order valence-electron chi connectivity index (χ4n) is 1.13. The smallest absolute Gasteiger partial charge is 0.322 e. The van der Waals surface area contributed by atoms with Crippen LogP contribution in [0.3, 0.4) is 0 Å². The van der Waals surface area contributed by atoms with Crippen molar-refractivity contribution in [3.05, 3.63) is 0 Å². The van der Waals surface area contributed by atoms with Gasteiger partial charge < -0.3 is 20.1 Å². The molecule has 0 rings (SSSR count). The molecule has 6 heteroatoms. The molecular formula is C11H22N2O4. The van der Waals surface area contributed by atoms with Crippen LogP contribution in [-0.2, 0) is 19.1 Å². The number of carbonyl (C=O) groups is 2. The molecule has 1 unspecified atom stereocenters. The summed E-state index contributed by atoms with van der Waals surface area (Å²) in [5, 5.41) is 5.61. The molecule has 0 bridgehead atoms. The van der Waals surface area contributed by atoms with E-state index in [1.54, 1.807) is 21.0 Å². The Labute approximate surface area is 102 Å². The molecule has 6 nitrogen and oxygen atoms in total. The van der Waals surface area contributed by atoms with Crippen LogP contribution in [0.25, 0.3) is 0 Å². The van der Waals surface area contributed by atoms with Gasteiger partial charge >= 0.3 is 5.97 Å². The van der Waals surface area contributed by atoms with Crippen LogP contribution in [0.2, 0.25) is 0 Å². The molecule has 0 heterocycles. The van der Waals surface area contributed by atoms with Crippen molar-refractivity contribution in [2.24, 2.45) is 0 Å². The summed E-state index contributed by atoms with van der Waals surface area (Å²) < 4.78 is 9.62. The van der Waals surface area contributed by atoms with Crippen LogP contribution in [0, 0.1) is 0 Å². The maximum Gasteiger partial charge on any atom is 0.322 e. The molecule has 0 saturated heterocycles. The second-order valence-electron chi connectivity index (χ2n) is 3.52. The SMILES string of the molecule is CCOC(=O)C(C)NCCC(=O)NCCOC. The first kappa shape index (κ1) is 15.9. The maximum atomic E-state index is 11.3. The summed E-state index contributed by atoms with van der Waals surface area (Å²) in [6.07, 6.45) is 0.327. The Balaban J connectivity index is 3.55. The van der Waals surface area contributed by atoms with Crippen molar-refractivity contribution in [1.29, 1.82) is 0 Å². The molecule has 0 spiro atoms. The van der Waals surface area contributed by atoms with E-state index in [-0.39, 0.29) is 17.9 Å². The molecule has 17 heavy (non-hydrogen) atoms. The van der Waals surface area contributed by atoms with Gasteiger partial charge in [0.25, 0.3) is 0 Å². The van der Waals surface area contributed by atoms with E-state index in [1.807, 2.05) is 0 Å². The van der Waals surface area contributed by atoms with Crippen LogP contribution in [0.4, 0.5) is 0 Å². The molecule has 0 aromatic carbocycles. The van der Waals surface area contributed by atoms with Gasteiger partial charge in [-0.1, -0.05) is 0 Å². The number of hydrogen-bond donors (Lipinski definition) is 2. The Morgan fingerprint density at radius 1 is 1.29 bits per heavy atom. The third-order valence-electron chi connectivity index (χ3n) is 2.07. The van der Waals surface area contributed by atoms with E-state index in [0.29, 0.717) is 32.7 Å². The van der Waals surface area contributed by atoms with Gasteiger partial charge in [0.15, 0.2) is 0 Å². The lowest BCUT2D eigenvalue weighted by Crippen LogP contribution is -2.38. The summed E-state index contributed by atoms with van der Waals surface area (Å²) in [7, 11) is 1.58. The van der Waals surface area contributed by atoms with Gasteiger partial charge in [-0.2, -0.15) is 0 Å². The Kier molecular flexibility index (Phi) is 9.37. The van der Waals surface area contributed by atoms with Crippen molar-refractivity contribution in [3.8, 4) is 0 Å². The highest BCUT2D eigenvalue weighted by molar-refractivity contribution is 5.77. The molecule has 0 aliphatic heterocycles. The third kappa shape index (κ3) is 8.65. The highest BCUT2D eigenvalue weighted by Gasteiger charge is 2.12. The highest BCUT2D eigenvalue weighted by Crippen LogP contribution is 1.88. The van der Waals surface area contributed by atoms with E-state index in [4.69, 9.17) is 9.47 Å². The predicted molar refractivity (Wildman–Crippen MR) is 63.6 cm³/mol. The Bertz CT molecular complexity index is 234. The second kappa shape index (κ2) is 10.0. The van der Waals surface area contributed by atoms with Crippen LogP contribution < -0.4 is 10.6 Å². The topological polar surface area (TPSA) is 76.7 Å². The average molecular weight is 246 g/mol. The monoisotopic (exact) mass is 246 g/mol. The standard InChI is InChI=1S/C11H22N2O4/c1-4-17-11(15)9(2)12-6-5-10(14)13-7-8-16-3/h9,12H,4-8H2,1-3H3,(H,13,14). The highest BCUT2D eigenvalue weighted by atomic mass is 16.5. The molecule has 0 saturated carbocycles. The minimum absolute atomic E-state index is 0.0643. The van der Waals surface area contributed by atoms with Crippen molar-refractivity contribution in [3.63, 3.8) is 0 Å². The van der Waals surface area contributed by atoms with Crippen molar-refractivity contribution in [2.45, 2.75) is 26.3 Å². The van der Waals surface area contributed by atoms with Crippen molar-refractivity contribution < 1.29 is 19.1 Å². The Morgan fingerprint density at radius 3 is 2.59 bits per heavy atom. The average Bonchev–Trinajstić information content (AvgIpc) is 2.29. The van der Waals surface area contributed by atoms with Gasteiger partial charge in [0.2, 0.25) is 5.91 Å². The molecule has 0 aliphatic rings. The molecule has 100 valence electrons. The van der Waals surface area contributed by atoms with Crippen LogP contribution in [0.1, 0.15) is 20.3 Å². The van der Waals surface area contributed by atoms with Gasteiger partial charge in [-0.05, 0) is 13.8 Å². The zero-order chi connectivity index (χ0) is 13.1. The van der Waals surface area contributed by atoms with Gasteiger partial charge in [-0.25, -0.2) is 0 Å². The molecule has 1 amide bonds. The summed E-state index contributed by atoms with van der Waals surface area (Å²) in [5.41, 5.74) is 0. The predicted octanol–water partition coefficient (Wildman–Crippen LogP) is -0.320.